The molecule has 1 aliphatic heterocycles. The quantitative estimate of drug-likeness (QED) is 0.829. The molecule has 1 aliphatic rings. The molecule has 2 aromatic rings. The third-order valence-electron chi connectivity index (χ3n) is 5.66. The molecule has 0 aromatic heterocycles. The van der Waals surface area contributed by atoms with Crippen LogP contribution in [0.25, 0.3) is 0 Å². The molecule has 144 valence electrons. The molecule has 1 saturated heterocycles. The van der Waals surface area contributed by atoms with E-state index in [-0.39, 0.29) is 11.9 Å². The molecule has 0 saturated carbocycles. The van der Waals surface area contributed by atoms with Gasteiger partial charge in [-0.15, -0.1) is 0 Å². The smallest absolute Gasteiger partial charge is 0.241 e. The van der Waals surface area contributed by atoms with Crippen molar-refractivity contribution in [3.05, 3.63) is 59.7 Å². The third kappa shape index (κ3) is 5.10. The largest absolute Gasteiger partial charge is 0.497 e. The summed E-state index contributed by atoms with van der Waals surface area (Å²) in [5.41, 5.74) is 3.36. The molecule has 1 fully saturated rings. The van der Waals surface area contributed by atoms with Crippen molar-refractivity contribution in [3.63, 3.8) is 0 Å². The zero-order chi connectivity index (χ0) is 19.2. The summed E-state index contributed by atoms with van der Waals surface area (Å²) < 4.78 is 5.23. The predicted octanol–water partition coefficient (Wildman–Crippen LogP) is 4.29. The van der Waals surface area contributed by atoms with E-state index in [1.165, 1.54) is 5.56 Å². The number of rotatable bonds is 6. The molecule has 1 heterocycles. The van der Waals surface area contributed by atoms with E-state index in [0.717, 1.165) is 49.4 Å². The van der Waals surface area contributed by atoms with Gasteiger partial charge in [-0.1, -0.05) is 30.3 Å². The molecule has 1 atom stereocenters. The lowest BCUT2D eigenvalue weighted by atomic mass is 9.89. The number of likely N-dealkylation sites (tertiary alicyclic amines) is 1. The lowest BCUT2D eigenvalue weighted by Crippen LogP contribution is -2.46. The Balaban J connectivity index is 1.49. The van der Waals surface area contributed by atoms with Crippen molar-refractivity contribution >= 4 is 11.6 Å². The second kappa shape index (κ2) is 9.05. The van der Waals surface area contributed by atoms with Gasteiger partial charge < -0.3 is 10.1 Å². The van der Waals surface area contributed by atoms with Gasteiger partial charge in [0.1, 0.15) is 5.75 Å². The topological polar surface area (TPSA) is 41.6 Å². The number of nitrogens with zero attached hydrogens (tertiary/aromatic N) is 1. The summed E-state index contributed by atoms with van der Waals surface area (Å²) in [5.74, 6) is 1.67. The van der Waals surface area contributed by atoms with Crippen molar-refractivity contribution in [1.29, 1.82) is 0 Å². The van der Waals surface area contributed by atoms with Crippen LogP contribution in [0, 0.1) is 12.8 Å². The summed E-state index contributed by atoms with van der Waals surface area (Å²) in [6, 6.07) is 16.2. The predicted molar refractivity (Wildman–Crippen MR) is 110 cm³/mol. The highest BCUT2D eigenvalue weighted by Gasteiger charge is 2.26. The minimum absolute atomic E-state index is 0.0814. The van der Waals surface area contributed by atoms with Gasteiger partial charge in [0.25, 0.3) is 0 Å². The number of carbonyl (C=O) groups is 1. The van der Waals surface area contributed by atoms with E-state index in [2.05, 4.69) is 22.3 Å². The van der Waals surface area contributed by atoms with E-state index in [0.29, 0.717) is 5.92 Å². The van der Waals surface area contributed by atoms with Crippen LogP contribution in [0.5, 0.6) is 5.75 Å². The fourth-order valence-corrected chi connectivity index (χ4v) is 3.76. The average molecular weight is 367 g/mol. The number of amides is 1. The standard InChI is InChI=1S/C23H30N2O2/c1-17-6-4-5-7-22(17)24-23(26)18(2)25-14-12-20(13-15-25)16-19-8-10-21(27-3)11-9-19/h4-11,18,20H,12-16H2,1-3H3,(H,24,26). The first-order chi connectivity index (χ1) is 13.1. The Hall–Kier alpha value is -2.33. The Morgan fingerprint density at radius 2 is 1.81 bits per heavy atom. The number of nitrogens with one attached hydrogen (secondary N) is 1. The minimum atomic E-state index is -0.105. The molecule has 0 aliphatic carbocycles. The Kier molecular flexibility index (Phi) is 6.51. The second-order valence-corrected chi connectivity index (χ2v) is 7.51. The molecule has 4 nitrogen and oxygen atoms in total. The highest BCUT2D eigenvalue weighted by Crippen LogP contribution is 2.24. The fraction of sp³-hybridized carbons (Fsp3) is 0.435. The average Bonchev–Trinajstić information content (AvgIpc) is 2.70. The van der Waals surface area contributed by atoms with Crippen LogP contribution in [-0.4, -0.2) is 37.0 Å². The van der Waals surface area contributed by atoms with Crippen molar-refractivity contribution < 1.29 is 9.53 Å². The molecule has 4 heteroatoms. The number of carbonyl (C=O) groups excluding carboxylic acids is 1. The zero-order valence-electron chi connectivity index (χ0n) is 16.6. The lowest BCUT2D eigenvalue weighted by molar-refractivity contribution is -0.121. The number of methoxy groups -OCH3 is 1. The molecule has 0 bridgehead atoms. The van der Waals surface area contributed by atoms with Crippen molar-refractivity contribution in [2.24, 2.45) is 5.92 Å². The Labute approximate surface area is 162 Å². The maximum atomic E-state index is 12.6. The van der Waals surface area contributed by atoms with Crippen molar-refractivity contribution in [3.8, 4) is 5.75 Å². The van der Waals surface area contributed by atoms with E-state index in [1.54, 1.807) is 7.11 Å². The molecule has 0 spiro atoms. The van der Waals surface area contributed by atoms with E-state index >= 15 is 0 Å². The molecule has 0 radical (unpaired) electrons. The van der Waals surface area contributed by atoms with E-state index in [1.807, 2.05) is 50.2 Å². The van der Waals surface area contributed by atoms with E-state index < -0.39 is 0 Å². The summed E-state index contributed by atoms with van der Waals surface area (Å²) in [6.07, 6.45) is 3.36. The van der Waals surface area contributed by atoms with Gasteiger partial charge >= 0.3 is 0 Å². The summed E-state index contributed by atoms with van der Waals surface area (Å²) in [7, 11) is 1.70. The maximum Gasteiger partial charge on any atom is 0.241 e. The molecular formula is C23H30N2O2. The van der Waals surface area contributed by atoms with Crippen LogP contribution >= 0.6 is 0 Å². The van der Waals surface area contributed by atoms with Crippen molar-refractivity contribution in [2.45, 2.75) is 39.2 Å². The molecule has 3 rings (SSSR count). The van der Waals surface area contributed by atoms with E-state index in [4.69, 9.17) is 4.74 Å². The number of hydrogen-bond acceptors (Lipinski definition) is 3. The Morgan fingerprint density at radius 1 is 1.15 bits per heavy atom. The highest BCUT2D eigenvalue weighted by atomic mass is 16.5. The first-order valence-electron chi connectivity index (χ1n) is 9.80. The number of aryl methyl sites for hydroxylation is 1. The summed E-state index contributed by atoms with van der Waals surface area (Å²) in [6.45, 7) is 5.98. The lowest BCUT2D eigenvalue weighted by Gasteiger charge is -2.35. The number of anilines is 1. The van der Waals surface area contributed by atoms with Crippen LogP contribution in [0.4, 0.5) is 5.69 Å². The second-order valence-electron chi connectivity index (χ2n) is 7.51. The first kappa shape index (κ1) is 19.4. The fourth-order valence-electron chi connectivity index (χ4n) is 3.76. The van der Waals surface area contributed by atoms with Crippen LogP contribution < -0.4 is 10.1 Å². The molecule has 2 aromatic carbocycles. The van der Waals surface area contributed by atoms with Crippen LogP contribution in [0.1, 0.15) is 30.9 Å². The van der Waals surface area contributed by atoms with Gasteiger partial charge in [0.15, 0.2) is 0 Å². The normalized spacial score (nSPS) is 16.7. The minimum Gasteiger partial charge on any atom is -0.497 e. The molecule has 1 unspecified atom stereocenters. The van der Waals surface area contributed by atoms with Gasteiger partial charge in [-0.2, -0.15) is 0 Å². The number of benzene rings is 2. The monoisotopic (exact) mass is 366 g/mol. The Morgan fingerprint density at radius 3 is 2.44 bits per heavy atom. The maximum absolute atomic E-state index is 12.6. The summed E-state index contributed by atoms with van der Waals surface area (Å²) in [4.78, 5) is 14.9. The van der Waals surface area contributed by atoms with Crippen LogP contribution in [0.2, 0.25) is 0 Å². The van der Waals surface area contributed by atoms with Gasteiger partial charge in [-0.3, -0.25) is 9.69 Å². The van der Waals surface area contributed by atoms with Gasteiger partial charge in [0, 0.05) is 5.69 Å². The van der Waals surface area contributed by atoms with Gasteiger partial charge in [-0.05, 0) is 81.4 Å². The van der Waals surface area contributed by atoms with Crippen LogP contribution in [0.3, 0.4) is 0 Å². The number of ether oxygens (including phenoxy) is 1. The van der Waals surface area contributed by atoms with Crippen molar-refractivity contribution in [2.75, 3.05) is 25.5 Å². The number of piperidine rings is 1. The van der Waals surface area contributed by atoms with Crippen LogP contribution in [0.15, 0.2) is 48.5 Å². The molecular weight excluding hydrogens is 336 g/mol. The van der Waals surface area contributed by atoms with Gasteiger partial charge in [-0.25, -0.2) is 0 Å². The molecule has 1 amide bonds. The zero-order valence-corrected chi connectivity index (χ0v) is 16.6. The summed E-state index contributed by atoms with van der Waals surface area (Å²) >= 11 is 0. The third-order valence-corrected chi connectivity index (χ3v) is 5.66. The number of para-hydroxylation sites is 1. The van der Waals surface area contributed by atoms with Gasteiger partial charge in [0.2, 0.25) is 5.91 Å². The van der Waals surface area contributed by atoms with Crippen LogP contribution in [-0.2, 0) is 11.2 Å². The Bertz CT molecular complexity index is 749. The van der Waals surface area contributed by atoms with Crippen molar-refractivity contribution in [1.82, 2.24) is 4.90 Å². The highest BCUT2D eigenvalue weighted by molar-refractivity contribution is 5.95. The first-order valence-corrected chi connectivity index (χ1v) is 9.80. The van der Waals surface area contributed by atoms with E-state index in [9.17, 15) is 4.79 Å². The molecule has 27 heavy (non-hydrogen) atoms. The van der Waals surface area contributed by atoms with Gasteiger partial charge in [0.05, 0.1) is 13.2 Å². The summed E-state index contributed by atoms with van der Waals surface area (Å²) in [5, 5.41) is 3.08. The number of hydrogen-bond donors (Lipinski definition) is 1. The molecule has 1 N–H and O–H groups in total. The SMILES string of the molecule is COc1ccc(CC2CCN(C(C)C(=O)Nc3ccccc3C)CC2)cc1.